The van der Waals surface area contributed by atoms with Gasteiger partial charge in [0.2, 0.25) is 5.91 Å². The minimum Gasteiger partial charge on any atom is -0.481 e. The maximum Gasteiger partial charge on any atom is 0.303 e. The molecule has 1 aromatic carbocycles. The van der Waals surface area contributed by atoms with Gasteiger partial charge in [0.05, 0.1) is 5.92 Å². The van der Waals surface area contributed by atoms with Crippen LogP contribution in [0.4, 0.5) is 0 Å². The lowest BCUT2D eigenvalue weighted by Gasteiger charge is -2.16. The molecule has 0 fully saturated rings. The summed E-state index contributed by atoms with van der Waals surface area (Å²) in [6, 6.07) is 9.78. The first-order valence-electron chi connectivity index (χ1n) is 7.59. The second-order valence-corrected chi connectivity index (χ2v) is 5.49. The van der Waals surface area contributed by atoms with Crippen molar-refractivity contribution in [1.29, 1.82) is 0 Å². The SMILES string of the molecule is CCC(C(=O)NCCC(C)CCC(=O)O)c1ccccc1. The molecule has 0 aromatic heterocycles. The van der Waals surface area contributed by atoms with Crippen molar-refractivity contribution >= 4 is 11.9 Å². The van der Waals surface area contributed by atoms with Crippen LogP contribution in [0.25, 0.3) is 0 Å². The Hall–Kier alpha value is -1.84. The normalized spacial score (nSPS) is 13.4. The molecule has 4 heteroatoms. The van der Waals surface area contributed by atoms with Gasteiger partial charge in [-0.2, -0.15) is 0 Å². The summed E-state index contributed by atoms with van der Waals surface area (Å²) in [5.41, 5.74) is 1.04. The molecule has 0 saturated carbocycles. The number of rotatable bonds is 9. The Labute approximate surface area is 126 Å². The van der Waals surface area contributed by atoms with Crippen molar-refractivity contribution in [2.45, 2.75) is 45.4 Å². The Bertz CT molecular complexity index is 445. The molecule has 2 atom stereocenters. The molecule has 0 radical (unpaired) electrons. The number of carbonyl (C=O) groups excluding carboxylic acids is 1. The highest BCUT2D eigenvalue weighted by Gasteiger charge is 2.18. The smallest absolute Gasteiger partial charge is 0.303 e. The molecule has 116 valence electrons. The number of carboxylic acids is 1. The molecular formula is C17H25NO3. The molecule has 1 rings (SSSR count). The summed E-state index contributed by atoms with van der Waals surface area (Å²) < 4.78 is 0. The Kier molecular flexibility index (Phi) is 7.51. The first-order chi connectivity index (χ1) is 10.0. The summed E-state index contributed by atoms with van der Waals surface area (Å²) in [4.78, 5) is 22.7. The minimum absolute atomic E-state index is 0.0501. The van der Waals surface area contributed by atoms with E-state index in [1.54, 1.807) is 0 Å². The lowest BCUT2D eigenvalue weighted by atomic mass is 9.95. The van der Waals surface area contributed by atoms with Crippen molar-refractivity contribution in [2.24, 2.45) is 5.92 Å². The van der Waals surface area contributed by atoms with Crippen LogP contribution in [0.5, 0.6) is 0 Å². The molecule has 0 aliphatic carbocycles. The number of hydrogen-bond donors (Lipinski definition) is 2. The predicted molar refractivity (Wildman–Crippen MR) is 83.1 cm³/mol. The van der Waals surface area contributed by atoms with Crippen molar-refractivity contribution in [3.05, 3.63) is 35.9 Å². The van der Waals surface area contributed by atoms with Gasteiger partial charge in [0, 0.05) is 13.0 Å². The van der Waals surface area contributed by atoms with E-state index in [4.69, 9.17) is 5.11 Å². The number of hydrogen-bond acceptors (Lipinski definition) is 2. The quantitative estimate of drug-likeness (QED) is 0.734. The largest absolute Gasteiger partial charge is 0.481 e. The van der Waals surface area contributed by atoms with Crippen molar-refractivity contribution in [3.8, 4) is 0 Å². The van der Waals surface area contributed by atoms with E-state index >= 15 is 0 Å². The van der Waals surface area contributed by atoms with E-state index in [1.165, 1.54) is 0 Å². The molecule has 1 aromatic rings. The summed E-state index contributed by atoms with van der Waals surface area (Å²) in [6.45, 7) is 4.62. The fourth-order valence-corrected chi connectivity index (χ4v) is 2.34. The van der Waals surface area contributed by atoms with E-state index in [9.17, 15) is 9.59 Å². The fourth-order valence-electron chi connectivity index (χ4n) is 2.34. The zero-order valence-corrected chi connectivity index (χ0v) is 12.8. The third-order valence-corrected chi connectivity index (χ3v) is 3.71. The van der Waals surface area contributed by atoms with E-state index in [-0.39, 0.29) is 18.2 Å². The average molecular weight is 291 g/mol. The van der Waals surface area contributed by atoms with Gasteiger partial charge in [-0.3, -0.25) is 9.59 Å². The summed E-state index contributed by atoms with van der Waals surface area (Å²) in [5.74, 6) is -0.520. The lowest BCUT2D eigenvalue weighted by Crippen LogP contribution is -2.30. The summed E-state index contributed by atoms with van der Waals surface area (Å²) in [7, 11) is 0. The molecule has 0 saturated heterocycles. The molecule has 0 bridgehead atoms. The molecule has 21 heavy (non-hydrogen) atoms. The maximum atomic E-state index is 12.2. The van der Waals surface area contributed by atoms with Crippen LogP contribution in [0, 0.1) is 5.92 Å². The van der Waals surface area contributed by atoms with Gasteiger partial charge >= 0.3 is 5.97 Å². The first-order valence-corrected chi connectivity index (χ1v) is 7.59. The van der Waals surface area contributed by atoms with E-state index < -0.39 is 5.97 Å². The van der Waals surface area contributed by atoms with Crippen LogP contribution in [0.3, 0.4) is 0 Å². The van der Waals surface area contributed by atoms with Crippen LogP contribution in [0.15, 0.2) is 30.3 Å². The van der Waals surface area contributed by atoms with Gasteiger partial charge < -0.3 is 10.4 Å². The number of benzene rings is 1. The van der Waals surface area contributed by atoms with Gasteiger partial charge in [-0.25, -0.2) is 0 Å². The van der Waals surface area contributed by atoms with Crippen molar-refractivity contribution in [1.82, 2.24) is 5.32 Å². The maximum absolute atomic E-state index is 12.2. The number of carbonyl (C=O) groups is 2. The first kappa shape index (κ1) is 17.2. The number of aliphatic carboxylic acids is 1. The summed E-state index contributed by atoms with van der Waals surface area (Å²) >= 11 is 0. The van der Waals surface area contributed by atoms with Crippen LogP contribution in [-0.4, -0.2) is 23.5 Å². The lowest BCUT2D eigenvalue weighted by molar-refractivity contribution is -0.137. The van der Waals surface area contributed by atoms with Gasteiger partial charge in [0.1, 0.15) is 0 Å². The Morgan fingerprint density at radius 3 is 2.43 bits per heavy atom. The molecule has 0 spiro atoms. The minimum atomic E-state index is -0.763. The van der Waals surface area contributed by atoms with E-state index in [2.05, 4.69) is 5.32 Å². The monoisotopic (exact) mass is 291 g/mol. The zero-order chi connectivity index (χ0) is 15.7. The van der Waals surface area contributed by atoms with E-state index in [0.29, 0.717) is 18.9 Å². The molecule has 2 unspecified atom stereocenters. The topological polar surface area (TPSA) is 66.4 Å². The second kappa shape index (κ2) is 9.16. The van der Waals surface area contributed by atoms with Gasteiger partial charge in [-0.05, 0) is 30.7 Å². The number of nitrogens with one attached hydrogen (secondary N) is 1. The highest BCUT2D eigenvalue weighted by molar-refractivity contribution is 5.83. The molecule has 1 amide bonds. The molecule has 0 aliphatic rings. The predicted octanol–water partition coefficient (Wildman–Crippen LogP) is 3.19. The zero-order valence-electron chi connectivity index (χ0n) is 12.8. The van der Waals surface area contributed by atoms with Crippen molar-refractivity contribution < 1.29 is 14.7 Å². The second-order valence-electron chi connectivity index (χ2n) is 5.49. The van der Waals surface area contributed by atoms with Crippen LogP contribution >= 0.6 is 0 Å². The van der Waals surface area contributed by atoms with Gasteiger partial charge in [0.25, 0.3) is 0 Å². The summed E-state index contributed by atoms with van der Waals surface area (Å²) in [6.07, 6.45) is 2.42. The van der Waals surface area contributed by atoms with Crippen LogP contribution in [0.1, 0.15) is 51.0 Å². The van der Waals surface area contributed by atoms with Crippen molar-refractivity contribution in [2.75, 3.05) is 6.54 Å². The Morgan fingerprint density at radius 2 is 1.86 bits per heavy atom. The highest BCUT2D eigenvalue weighted by atomic mass is 16.4. The third kappa shape index (κ3) is 6.43. The third-order valence-electron chi connectivity index (χ3n) is 3.71. The molecule has 4 nitrogen and oxygen atoms in total. The summed E-state index contributed by atoms with van der Waals surface area (Å²) in [5, 5.41) is 11.6. The van der Waals surface area contributed by atoms with Gasteiger partial charge in [0.15, 0.2) is 0 Å². The standard InChI is InChI=1S/C17H25NO3/c1-3-15(14-7-5-4-6-8-14)17(21)18-12-11-13(2)9-10-16(19)20/h4-8,13,15H,3,9-12H2,1-2H3,(H,18,21)(H,19,20). The Balaban J connectivity index is 2.37. The van der Waals surface area contributed by atoms with E-state index in [1.807, 2.05) is 44.2 Å². The van der Waals surface area contributed by atoms with E-state index in [0.717, 1.165) is 18.4 Å². The van der Waals surface area contributed by atoms with Crippen LogP contribution in [0.2, 0.25) is 0 Å². The molecule has 0 aliphatic heterocycles. The number of carboxylic acid groups (broad SMARTS) is 1. The van der Waals surface area contributed by atoms with Gasteiger partial charge in [-0.1, -0.05) is 44.2 Å². The fraction of sp³-hybridized carbons (Fsp3) is 0.529. The highest BCUT2D eigenvalue weighted by Crippen LogP contribution is 2.19. The molecule has 0 heterocycles. The Morgan fingerprint density at radius 1 is 1.19 bits per heavy atom. The average Bonchev–Trinajstić information content (AvgIpc) is 2.47. The van der Waals surface area contributed by atoms with Crippen LogP contribution < -0.4 is 5.32 Å². The van der Waals surface area contributed by atoms with Crippen molar-refractivity contribution in [3.63, 3.8) is 0 Å². The van der Waals surface area contributed by atoms with Crippen LogP contribution in [-0.2, 0) is 9.59 Å². The number of amides is 1. The molecular weight excluding hydrogens is 266 g/mol. The van der Waals surface area contributed by atoms with Gasteiger partial charge in [-0.15, -0.1) is 0 Å². The molecule has 2 N–H and O–H groups in total.